The number of hydrogen-bond donors (Lipinski definition) is 1. The summed E-state index contributed by atoms with van der Waals surface area (Å²) in [5.41, 5.74) is -0.676. The van der Waals surface area contributed by atoms with Crippen molar-refractivity contribution in [1.29, 1.82) is 0 Å². The summed E-state index contributed by atoms with van der Waals surface area (Å²) >= 11 is 0. The summed E-state index contributed by atoms with van der Waals surface area (Å²) in [7, 11) is 0. The molecular weight excluding hydrogens is 601 g/mol. The van der Waals surface area contributed by atoms with Crippen LogP contribution in [-0.2, 0) is 4.74 Å². The number of amides is 2. The predicted molar refractivity (Wildman–Crippen MR) is 180 cm³/mol. The molecule has 47 heavy (non-hydrogen) atoms. The van der Waals surface area contributed by atoms with E-state index in [9.17, 15) is 14.0 Å². The van der Waals surface area contributed by atoms with Crippen molar-refractivity contribution in [3.05, 3.63) is 35.9 Å². The van der Waals surface area contributed by atoms with Crippen molar-refractivity contribution >= 4 is 17.8 Å². The van der Waals surface area contributed by atoms with E-state index < -0.39 is 17.0 Å². The number of nitrogens with one attached hydrogen (secondary N) is 1. The normalized spacial score (nSPS) is 17.2. The quantitative estimate of drug-likeness (QED) is 0.282. The van der Waals surface area contributed by atoms with E-state index >= 15 is 0 Å². The summed E-state index contributed by atoms with van der Waals surface area (Å²) in [6.45, 7) is 24.0. The van der Waals surface area contributed by atoms with Gasteiger partial charge in [-0.15, -0.1) is 10.2 Å². The van der Waals surface area contributed by atoms with Gasteiger partial charge >= 0.3 is 6.09 Å². The van der Waals surface area contributed by atoms with Gasteiger partial charge in [-0.05, 0) is 98.8 Å². The first-order chi connectivity index (χ1) is 21.9. The molecule has 1 spiro atoms. The van der Waals surface area contributed by atoms with Gasteiger partial charge in [0.05, 0.1) is 5.56 Å². The minimum absolute atomic E-state index is 0.0594. The molecule has 0 radical (unpaired) electrons. The monoisotopic (exact) mass is 655 g/mol. The second kappa shape index (κ2) is 14.3. The highest BCUT2D eigenvalue weighted by atomic mass is 19.1. The molecule has 1 N–H and O–H groups in total. The summed E-state index contributed by atoms with van der Waals surface area (Å²) in [4.78, 5) is 36.7. The lowest BCUT2D eigenvalue weighted by Crippen LogP contribution is -2.62. The number of benzene rings is 1. The van der Waals surface area contributed by atoms with E-state index in [0.29, 0.717) is 24.3 Å². The Balaban J connectivity index is 1.41. The molecule has 2 fully saturated rings. The summed E-state index contributed by atoms with van der Waals surface area (Å²) in [5.74, 6) is 0.593. The Hall–Kier alpha value is -3.54. The van der Waals surface area contributed by atoms with E-state index in [-0.39, 0.29) is 40.7 Å². The number of rotatable bonds is 12. The maximum atomic E-state index is 14.3. The number of likely N-dealkylation sites (tertiary alicyclic amines) is 1. The Kier molecular flexibility index (Phi) is 11.0. The van der Waals surface area contributed by atoms with E-state index in [1.54, 1.807) is 4.90 Å². The molecule has 1 unspecified atom stereocenters. The van der Waals surface area contributed by atoms with Crippen LogP contribution in [0, 0.1) is 17.2 Å². The second-order valence-electron chi connectivity index (χ2n) is 15.5. The second-order valence-corrected chi connectivity index (χ2v) is 15.5. The average Bonchev–Trinajstić information content (AvgIpc) is 3.38. The zero-order chi connectivity index (χ0) is 34.7. The largest absolute Gasteiger partial charge is 0.444 e. The third-order valence-electron chi connectivity index (χ3n) is 9.13. The van der Waals surface area contributed by atoms with Crippen molar-refractivity contribution < 1.29 is 23.5 Å². The maximum Gasteiger partial charge on any atom is 0.408 e. The first-order valence-electron chi connectivity index (χ1n) is 16.9. The van der Waals surface area contributed by atoms with Gasteiger partial charge in [0.2, 0.25) is 0 Å². The standard InChI is InChI=1S/C35H54FN7O4/c1-11-43(24(4)5)31(44)26-18-25(36)12-13-28(26)46-30-29(37-22-38-40-30)41-17-16-35(19-41)20-42(21-35)27(23(2)3)14-15-34(9,10)39-32(45)47-33(6,7)8/h12-13,18,22-24,27H,11,14-17,19-21H2,1-10H3,(H,39,45). The highest BCUT2D eigenvalue weighted by molar-refractivity contribution is 5.97. The zero-order valence-electron chi connectivity index (χ0n) is 29.9. The molecule has 1 aromatic carbocycles. The lowest BCUT2D eigenvalue weighted by Gasteiger charge is -2.53. The summed E-state index contributed by atoms with van der Waals surface area (Å²) in [6.07, 6.45) is 3.80. The van der Waals surface area contributed by atoms with Crippen LogP contribution >= 0.6 is 0 Å². The Bertz CT molecular complexity index is 1400. The molecule has 2 aliphatic heterocycles. The van der Waals surface area contributed by atoms with E-state index in [0.717, 1.165) is 45.4 Å². The summed E-state index contributed by atoms with van der Waals surface area (Å²) in [6, 6.07) is 4.27. The van der Waals surface area contributed by atoms with Gasteiger partial charge in [0.25, 0.3) is 11.8 Å². The van der Waals surface area contributed by atoms with Gasteiger partial charge in [0, 0.05) is 55.8 Å². The van der Waals surface area contributed by atoms with Crippen molar-refractivity contribution in [3.8, 4) is 11.6 Å². The SMILES string of the molecule is CCN(C(=O)c1cc(F)ccc1Oc1nncnc1N1CCC2(C1)CN(C(CCC(C)(C)NC(=O)OC(C)(C)C)C(C)C)C2)C(C)C. The molecule has 12 heteroatoms. The van der Waals surface area contributed by atoms with Gasteiger partial charge in [-0.25, -0.2) is 14.2 Å². The molecule has 2 saturated heterocycles. The molecule has 4 rings (SSSR count). The van der Waals surface area contributed by atoms with Crippen LogP contribution < -0.4 is 15.0 Å². The van der Waals surface area contributed by atoms with Crippen LogP contribution in [-0.4, -0.2) is 92.9 Å². The minimum atomic E-state index is -0.538. The number of carbonyl (C=O) groups excluding carboxylic acids is 2. The van der Waals surface area contributed by atoms with E-state index in [4.69, 9.17) is 9.47 Å². The van der Waals surface area contributed by atoms with E-state index in [1.807, 2.05) is 55.4 Å². The van der Waals surface area contributed by atoms with Gasteiger partial charge < -0.3 is 24.6 Å². The number of hydrogen-bond acceptors (Lipinski definition) is 9. The van der Waals surface area contributed by atoms with Crippen molar-refractivity contribution in [1.82, 2.24) is 30.3 Å². The fourth-order valence-corrected chi connectivity index (χ4v) is 6.81. The van der Waals surface area contributed by atoms with E-state index in [2.05, 4.69) is 44.1 Å². The topological polar surface area (TPSA) is 113 Å². The number of aromatic nitrogens is 3. The molecule has 2 aromatic rings. The molecule has 1 atom stereocenters. The molecule has 11 nitrogen and oxygen atoms in total. The molecular formula is C35H54FN7O4. The highest BCUT2D eigenvalue weighted by Gasteiger charge is 2.50. The fraction of sp³-hybridized carbons (Fsp3) is 0.686. The van der Waals surface area contributed by atoms with Crippen LogP contribution in [0.3, 0.4) is 0 Å². The Morgan fingerprint density at radius 1 is 1.11 bits per heavy atom. The average molecular weight is 656 g/mol. The molecule has 0 saturated carbocycles. The van der Waals surface area contributed by atoms with Gasteiger partial charge in [-0.2, -0.15) is 0 Å². The minimum Gasteiger partial charge on any atom is -0.444 e. The lowest BCUT2D eigenvalue weighted by molar-refractivity contribution is -0.0357. The molecule has 0 bridgehead atoms. The van der Waals surface area contributed by atoms with Crippen molar-refractivity contribution in [2.45, 2.75) is 112 Å². The smallest absolute Gasteiger partial charge is 0.408 e. The van der Waals surface area contributed by atoms with Crippen LogP contribution in [0.4, 0.5) is 15.0 Å². The lowest BCUT2D eigenvalue weighted by atomic mass is 9.76. The Morgan fingerprint density at radius 3 is 2.43 bits per heavy atom. The molecule has 0 aliphatic carbocycles. The van der Waals surface area contributed by atoms with Crippen LogP contribution in [0.1, 0.15) is 98.9 Å². The molecule has 2 amide bonds. The van der Waals surface area contributed by atoms with Crippen LogP contribution in [0.25, 0.3) is 0 Å². The van der Waals surface area contributed by atoms with Crippen LogP contribution in [0.2, 0.25) is 0 Å². The highest BCUT2D eigenvalue weighted by Crippen LogP contribution is 2.45. The van der Waals surface area contributed by atoms with Crippen LogP contribution in [0.15, 0.2) is 24.5 Å². The number of alkyl carbamates (subject to hydrolysis) is 1. The van der Waals surface area contributed by atoms with Gasteiger partial charge in [-0.3, -0.25) is 9.69 Å². The van der Waals surface area contributed by atoms with Crippen molar-refractivity contribution in [3.63, 3.8) is 0 Å². The molecule has 3 heterocycles. The number of nitrogens with zero attached hydrogens (tertiary/aromatic N) is 6. The van der Waals surface area contributed by atoms with E-state index in [1.165, 1.54) is 24.5 Å². The Morgan fingerprint density at radius 2 is 1.81 bits per heavy atom. The first-order valence-corrected chi connectivity index (χ1v) is 16.9. The number of ether oxygens (including phenoxy) is 2. The van der Waals surface area contributed by atoms with Crippen molar-refractivity contribution in [2.75, 3.05) is 37.6 Å². The molecule has 2 aliphatic rings. The fourth-order valence-electron chi connectivity index (χ4n) is 6.81. The molecule has 1 aromatic heterocycles. The van der Waals surface area contributed by atoms with Gasteiger partial charge in [0.1, 0.15) is 23.5 Å². The van der Waals surface area contributed by atoms with Gasteiger partial charge in [0.15, 0.2) is 5.82 Å². The summed E-state index contributed by atoms with van der Waals surface area (Å²) in [5, 5.41) is 11.2. The predicted octanol–water partition coefficient (Wildman–Crippen LogP) is 6.29. The van der Waals surface area contributed by atoms with Crippen LogP contribution in [0.5, 0.6) is 11.6 Å². The third-order valence-corrected chi connectivity index (χ3v) is 9.13. The molecule has 260 valence electrons. The Labute approximate surface area is 279 Å². The zero-order valence-corrected chi connectivity index (χ0v) is 29.9. The third kappa shape index (κ3) is 9.09. The van der Waals surface area contributed by atoms with Crippen molar-refractivity contribution in [2.24, 2.45) is 11.3 Å². The number of halogens is 1. The number of anilines is 1. The maximum absolute atomic E-state index is 14.3. The first kappa shape index (κ1) is 36.3. The summed E-state index contributed by atoms with van der Waals surface area (Å²) < 4.78 is 26.0. The number of carbonyl (C=O) groups is 2. The van der Waals surface area contributed by atoms with Gasteiger partial charge in [-0.1, -0.05) is 13.8 Å².